The molecule has 3 aromatic rings. The maximum absolute atomic E-state index is 14.9. The average Bonchev–Trinajstić information content (AvgIpc) is 3.39. The molecule has 2 bridgehead atoms. The second kappa shape index (κ2) is 6.25. The second-order valence-corrected chi connectivity index (χ2v) is 8.47. The van der Waals surface area contributed by atoms with Gasteiger partial charge in [-0.1, -0.05) is 6.92 Å². The minimum Gasteiger partial charge on any atom is -0.507 e. The molecule has 2 fully saturated rings. The molecular formula is C21H22FN5O2. The second-order valence-electron chi connectivity index (χ2n) is 8.47. The van der Waals surface area contributed by atoms with Crippen molar-refractivity contribution in [3.8, 4) is 28.6 Å². The first-order valence-electron chi connectivity index (χ1n) is 9.59. The number of nitrogens with one attached hydrogen (secondary N) is 1. The fourth-order valence-corrected chi connectivity index (χ4v) is 4.62. The van der Waals surface area contributed by atoms with E-state index in [-0.39, 0.29) is 17.0 Å². The molecule has 2 N–H and O–H groups in total. The van der Waals surface area contributed by atoms with Crippen LogP contribution in [0, 0.1) is 5.41 Å². The number of rotatable bonds is 4. The van der Waals surface area contributed by atoms with Crippen LogP contribution < -0.4 is 10.1 Å². The number of hydrogen-bond acceptors (Lipinski definition) is 6. The largest absolute Gasteiger partial charge is 0.507 e. The number of halogens is 1. The number of ether oxygens (including phenoxy) is 1. The Bertz CT molecular complexity index is 1040. The van der Waals surface area contributed by atoms with Crippen molar-refractivity contribution in [1.29, 1.82) is 0 Å². The quantitative estimate of drug-likeness (QED) is 0.707. The summed E-state index contributed by atoms with van der Waals surface area (Å²) in [4.78, 5) is 4.00. The number of hydrogen-bond donors (Lipinski definition) is 2. The maximum Gasteiger partial charge on any atom is 0.233 e. The van der Waals surface area contributed by atoms with Crippen molar-refractivity contribution in [2.45, 2.75) is 38.1 Å². The zero-order chi connectivity index (χ0) is 20.2. The molecule has 3 heterocycles. The summed E-state index contributed by atoms with van der Waals surface area (Å²) in [7, 11) is 0. The summed E-state index contributed by atoms with van der Waals surface area (Å²) >= 11 is 0. The smallest absolute Gasteiger partial charge is 0.233 e. The number of imidazole rings is 1. The molecule has 1 saturated heterocycles. The highest BCUT2D eigenvalue weighted by Gasteiger charge is 2.64. The molecule has 0 unspecified atom stereocenters. The fourth-order valence-electron chi connectivity index (χ4n) is 4.62. The Morgan fingerprint density at radius 1 is 1.24 bits per heavy atom. The molecule has 7 nitrogen and oxygen atoms in total. The molecule has 4 atom stereocenters. The molecule has 5 rings (SSSR count). The molecule has 0 radical (unpaired) electrons. The van der Waals surface area contributed by atoms with Gasteiger partial charge in [-0.25, -0.2) is 9.37 Å². The monoisotopic (exact) mass is 395 g/mol. The highest BCUT2D eigenvalue weighted by Crippen LogP contribution is 2.51. The molecule has 8 heteroatoms. The number of aromatic hydroxyl groups is 1. The summed E-state index contributed by atoms with van der Waals surface area (Å²) < 4.78 is 22.6. The topological polar surface area (TPSA) is 85.1 Å². The van der Waals surface area contributed by atoms with Gasteiger partial charge in [-0.15, -0.1) is 10.2 Å². The first kappa shape index (κ1) is 18.1. The molecule has 1 aliphatic carbocycles. The van der Waals surface area contributed by atoms with Gasteiger partial charge in [0.2, 0.25) is 5.88 Å². The summed E-state index contributed by atoms with van der Waals surface area (Å²) in [5, 5.41) is 22.0. The standard InChI is InChI=1S/C21H22FN5O2/c1-20-10-21(2,24-11-20)18(22)19(20)29-17-6-5-15(25-26-17)14-4-3-13(9-16(14)28)27-8-7-23-12-27/h3-9,12,18-19,24,28H,10-11H2,1-2H3/t18-,19+,20-,21-/m1/s1. The molecule has 2 aliphatic rings. The van der Waals surface area contributed by atoms with Gasteiger partial charge in [0.25, 0.3) is 0 Å². The lowest BCUT2D eigenvalue weighted by Gasteiger charge is -2.35. The Morgan fingerprint density at radius 3 is 2.72 bits per heavy atom. The number of alkyl halides is 1. The van der Waals surface area contributed by atoms with Crippen molar-refractivity contribution >= 4 is 0 Å². The first-order valence-corrected chi connectivity index (χ1v) is 9.59. The average molecular weight is 395 g/mol. The van der Waals surface area contributed by atoms with E-state index in [0.717, 1.165) is 18.7 Å². The van der Waals surface area contributed by atoms with Crippen LogP contribution in [0.25, 0.3) is 16.9 Å². The summed E-state index contributed by atoms with van der Waals surface area (Å²) in [5.74, 6) is 0.371. The van der Waals surface area contributed by atoms with Crippen LogP contribution in [0.15, 0.2) is 49.1 Å². The van der Waals surface area contributed by atoms with Crippen molar-refractivity contribution in [3.63, 3.8) is 0 Å². The number of nitrogens with zero attached hydrogens (tertiary/aromatic N) is 4. The normalized spacial score (nSPS) is 30.6. The van der Waals surface area contributed by atoms with Gasteiger partial charge >= 0.3 is 0 Å². The molecule has 0 spiro atoms. The lowest BCUT2D eigenvalue weighted by Crippen LogP contribution is -2.55. The zero-order valence-corrected chi connectivity index (χ0v) is 16.2. The molecule has 1 aromatic carbocycles. The van der Waals surface area contributed by atoms with Gasteiger partial charge in [0.1, 0.15) is 11.9 Å². The molecule has 0 amide bonds. The lowest BCUT2D eigenvalue weighted by atomic mass is 9.87. The van der Waals surface area contributed by atoms with Crippen molar-refractivity contribution in [2.75, 3.05) is 6.54 Å². The minimum absolute atomic E-state index is 0.0857. The molecular weight excluding hydrogens is 373 g/mol. The highest BCUT2D eigenvalue weighted by atomic mass is 19.1. The Labute approximate surface area is 167 Å². The van der Waals surface area contributed by atoms with Gasteiger partial charge in [-0.3, -0.25) is 0 Å². The third-order valence-corrected chi connectivity index (χ3v) is 6.18. The molecule has 150 valence electrons. The number of aromatic nitrogens is 4. The van der Waals surface area contributed by atoms with Crippen molar-refractivity contribution in [2.24, 2.45) is 5.41 Å². The summed E-state index contributed by atoms with van der Waals surface area (Å²) in [6, 6.07) is 8.66. The van der Waals surface area contributed by atoms with E-state index in [0.29, 0.717) is 11.3 Å². The van der Waals surface area contributed by atoms with Gasteiger partial charge in [0.05, 0.1) is 23.2 Å². The Morgan fingerprint density at radius 2 is 2.10 bits per heavy atom. The highest BCUT2D eigenvalue weighted by molar-refractivity contribution is 5.68. The lowest BCUT2D eigenvalue weighted by molar-refractivity contribution is 0.00666. The third-order valence-electron chi connectivity index (χ3n) is 6.18. The van der Waals surface area contributed by atoms with Crippen LogP contribution in [0.5, 0.6) is 11.6 Å². The Hall–Kier alpha value is -3.00. The van der Waals surface area contributed by atoms with Gasteiger partial charge in [0.15, 0.2) is 6.17 Å². The van der Waals surface area contributed by atoms with E-state index >= 15 is 0 Å². The van der Waals surface area contributed by atoms with E-state index in [9.17, 15) is 9.50 Å². The predicted molar refractivity (Wildman–Crippen MR) is 105 cm³/mol. The number of phenolic OH excluding ortho intramolecular Hbond substituents is 1. The number of piperidine rings is 1. The van der Waals surface area contributed by atoms with Crippen LogP contribution in [-0.4, -0.2) is 49.2 Å². The van der Waals surface area contributed by atoms with Gasteiger partial charge in [-0.05, 0) is 31.5 Å². The van der Waals surface area contributed by atoms with Crippen molar-refractivity contribution < 1.29 is 14.2 Å². The van der Waals surface area contributed by atoms with E-state index in [4.69, 9.17) is 4.74 Å². The van der Waals surface area contributed by atoms with E-state index < -0.39 is 17.8 Å². The van der Waals surface area contributed by atoms with Crippen LogP contribution in [-0.2, 0) is 0 Å². The minimum atomic E-state index is -1.11. The van der Waals surface area contributed by atoms with Crippen LogP contribution in [0.3, 0.4) is 0 Å². The molecule has 1 saturated carbocycles. The number of phenols is 1. The van der Waals surface area contributed by atoms with Crippen LogP contribution in [0.4, 0.5) is 4.39 Å². The van der Waals surface area contributed by atoms with Crippen molar-refractivity contribution in [3.05, 3.63) is 49.1 Å². The maximum atomic E-state index is 14.9. The number of fused-ring (bicyclic) bond motifs is 2. The van der Waals surface area contributed by atoms with E-state index in [1.165, 1.54) is 0 Å². The van der Waals surface area contributed by atoms with Crippen LogP contribution in [0.2, 0.25) is 0 Å². The van der Waals surface area contributed by atoms with Crippen LogP contribution >= 0.6 is 0 Å². The molecule has 29 heavy (non-hydrogen) atoms. The Balaban J connectivity index is 1.36. The molecule has 2 aromatic heterocycles. The fraction of sp³-hybridized carbons (Fsp3) is 0.381. The Kier molecular flexibility index (Phi) is 3.89. The summed E-state index contributed by atoms with van der Waals surface area (Å²) in [5.41, 5.74) is 1.04. The van der Waals surface area contributed by atoms with Gasteiger partial charge in [0, 0.05) is 42.0 Å². The summed E-state index contributed by atoms with van der Waals surface area (Å²) in [6.07, 6.45) is 4.19. The van der Waals surface area contributed by atoms with Crippen molar-refractivity contribution in [1.82, 2.24) is 25.1 Å². The SMILES string of the molecule is C[C@]12CN[C@](C)(C1)[C@H](F)[C@@H]2Oc1ccc(-c2ccc(-n3ccnc3)cc2O)nn1. The van der Waals surface area contributed by atoms with E-state index in [1.807, 2.05) is 19.9 Å². The van der Waals surface area contributed by atoms with E-state index in [2.05, 4.69) is 20.5 Å². The zero-order valence-electron chi connectivity index (χ0n) is 16.2. The van der Waals surface area contributed by atoms with Gasteiger partial charge < -0.3 is 19.7 Å². The van der Waals surface area contributed by atoms with Crippen LogP contribution in [0.1, 0.15) is 20.3 Å². The first-order chi connectivity index (χ1) is 13.9. The van der Waals surface area contributed by atoms with E-state index in [1.54, 1.807) is 47.6 Å². The summed E-state index contributed by atoms with van der Waals surface area (Å²) in [6.45, 7) is 4.66. The van der Waals surface area contributed by atoms with Gasteiger partial charge in [-0.2, -0.15) is 0 Å². The predicted octanol–water partition coefficient (Wildman–Crippen LogP) is 2.89. The molecule has 1 aliphatic heterocycles. The number of benzene rings is 1. The third kappa shape index (κ3) is 2.86.